The fraction of sp³-hybridized carbons (Fsp3) is 0.0800. The third kappa shape index (κ3) is 6.92. The molecule has 0 bridgehead atoms. The van der Waals surface area contributed by atoms with E-state index < -0.39 is 17.6 Å². The second kappa shape index (κ2) is 10.9. The summed E-state index contributed by atoms with van der Waals surface area (Å²) in [6.45, 7) is 1.57. The van der Waals surface area contributed by atoms with E-state index in [1.165, 1.54) is 42.5 Å². The summed E-state index contributed by atoms with van der Waals surface area (Å²) in [4.78, 5) is 24.7. The highest BCUT2D eigenvalue weighted by Gasteiger charge is 2.13. The lowest BCUT2D eigenvalue weighted by Crippen LogP contribution is -2.20. The van der Waals surface area contributed by atoms with Crippen LogP contribution in [0.25, 0.3) is 6.08 Å². The van der Waals surface area contributed by atoms with Crippen molar-refractivity contribution in [3.8, 4) is 11.8 Å². The number of benzene rings is 3. The molecule has 3 aromatic carbocycles. The molecule has 3 aromatic rings. The normalized spacial score (nSPS) is 10.8. The molecular formula is C25H19ClFN3O3. The average Bonchev–Trinajstić information content (AvgIpc) is 2.79. The second-order valence-electron chi connectivity index (χ2n) is 7.02. The summed E-state index contributed by atoms with van der Waals surface area (Å²) in [5, 5.41) is 15.1. The smallest absolute Gasteiger partial charge is 0.266 e. The van der Waals surface area contributed by atoms with Crippen LogP contribution in [0, 0.1) is 24.1 Å². The van der Waals surface area contributed by atoms with Crippen molar-refractivity contribution in [1.29, 1.82) is 5.26 Å². The molecule has 2 N–H and O–H groups in total. The molecule has 2 amide bonds. The molecule has 0 aliphatic heterocycles. The molecule has 0 aromatic heterocycles. The lowest BCUT2D eigenvalue weighted by atomic mass is 10.1. The molecule has 0 aliphatic rings. The van der Waals surface area contributed by atoms with Gasteiger partial charge < -0.3 is 15.4 Å². The number of carbonyl (C=O) groups is 2. The minimum Gasteiger partial charge on any atom is -0.483 e. The Bertz CT molecular complexity index is 1230. The van der Waals surface area contributed by atoms with Crippen molar-refractivity contribution >= 4 is 40.9 Å². The Hall–Kier alpha value is -4.15. The molecule has 0 heterocycles. The minimum atomic E-state index is -0.596. The Labute approximate surface area is 195 Å². The first kappa shape index (κ1) is 23.5. The molecule has 0 saturated heterocycles. The van der Waals surface area contributed by atoms with Crippen molar-refractivity contribution in [3.63, 3.8) is 0 Å². The van der Waals surface area contributed by atoms with Gasteiger partial charge in [0, 0.05) is 22.0 Å². The summed E-state index contributed by atoms with van der Waals surface area (Å²) in [6, 6.07) is 18.9. The molecule has 0 saturated carbocycles. The monoisotopic (exact) mass is 463 g/mol. The molecule has 3 rings (SSSR count). The Morgan fingerprint density at radius 2 is 1.67 bits per heavy atom. The Morgan fingerprint density at radius 3 is 2.33 bits per heavy atom. The number of ether oxygens (including phenoxy) is 1. The van der Waals surface area contributed by atoms with Crippen LogP contribution in [0.1, 0.15) is 11.1 Å². The first-order valence-corrected chi connectivity index (χ1v) is 10.2. The summed E-state index contributed by atoms with van der Waals surface area (Å²) in [6.07, 6.45) is 1.34. The third-order valence-electron chi connectivity index (χ3n) is 4.43. The van der Waals surface area contributed by atoms with E-state index >= 15 is 0 Å². The van der Waals surface area contributed by atoms with E-state index in [0.29, 0.717) is 22.0 Å². The number of nitrogens with zero attached hydrogens (tertiary/aromatic N) is 1. The van der Waals surface area contributed by atoms with Crippen LogP contribution in [-0.4, -0.2) is 18.4 Å². The largest absolute Gasteiger partial charge is 0.483 e. The van der Waals surface area contributed by atoms with E-state index in [2.05, 4.69) is 10.6 Å². The zero-order valence-electron chi connectivity index (χ0n) is 17.6. The van der Waals surface area contributed by atoms with Crippen LogP contribution in [0.4, 0.5) is 15.8 Å². The molecule has 166 valence electrons. The number of carbonyl (C=O) groups excluding carboxylic acids is 2. The number of nitriles is 1. The number of nitrogens with one attached hydrogen (secondary N) is 2. The molecule has 0 atom stereocenters. The highest BCUT2D eigenvalue weighted by atomic mass is 35.5. The van der Waals surface area contributed by atoms with Gasteiger partial charge in [-0.1, -0.05) is 29.3 Å². The Balaban J connectivity index is 1.73. The van der Waals surface area contributed by atoms with Crippen molar-refractivity contribution in [2.24, 2.45) is 0 Å². The molecule has 0 spiro atoms. The van der Waals surface area contributed by atoms with Gasteiger partial charge in [0.25, 0.3) is 11.8 Å². The topological polar surface area (TPSA) is 91.2 Å². The van der Waals surface area contributed by atoms with Crippen molar-refractivity contribution in [2.45, 2.75) is 6.92 Å². The van der Waals surface area contributed by atoms with Crippen LogP contribution >= 0.6 is 11.6 Å². The highest BCUT2D eigenvalue weighted by Crippen LogP contribution is 2.26. The average molecular weight is 464 g/mol. The second-order valence-corrected chi connectivity index (χ2v) is 7.45. The summed E-state index contributed by atoms with van der Waals surface area (Å²) in [7, 11) is 0. The van der Waals surface area contributed by atoms with Crippen molar-refractivity contribution in [3.05, 3.63) is 94.3 Å². The molecule has 8 heteroatoms. The summed E-state index contributed by atoms with van der Waals surface area (Å²) in [5.41, 5.74) is 2.19. The van der Waals surface area contributed by atoms with Gasteiger partial charge in [-0.05, 0) is 67.6 Å². The standard InChI is InChI=1S/C25H19ClFN3O3/c1-16-2-7-22(8-3-16)30-25(32)18(14-28)12-17-13-19(26)4-11-23(17)33-15-24(31)29-21-9-5-20(27)6-10-21/h2-13H,15H2,1H3,(H,29,31)(H,30,32). The summed E-state index contributed by atoms with van der Waals surface area (Å²) >= 11 is 6.07. The maximum Gasteiger partial charge on any atom is 0.266 e. The number of amides is 2. The van der Waals surface area contributed by atoms with Crippen molar-refractivity contribution in [2.75, 3.05) is 17.2 Å². The minimum absolute atomic E-state index is 0.168. The van der Waals surface area contributed by atoms with Crippen LogP contribution in [-0.2, 0) is 9.59 Å². The van der Waals surface area contributed by atoms with E-state index in [1.807, 2.05) is 25.1 Å². The number of anilines is 2. The van der Waals surface area contributed by atoms with Crippen LogP contribution < -0.4 is 15.4 Å². The van der Waals surface area contributed by atoms with Crippen LogP contribution in [0.3, 0.4) is 0 Å². The lowest BCUT2D eigenvalue weighted by molar-refractivity contribution is -0.118. The molecule has 0 unspecified atom stereocenters. The van der Waals surface area contributed by atoms with E-state index in [1.54, 1.807) is 18.2 Å². The van der Waals surface area contributed by atoms with E-state index in [4.69, 9.17) is 16.3 Å². The molecule has 0 fully saturated rings. The quantitative estimate of drug-likeness (QED) is 0.365. The number of halogens is 2. The predicted molar refractivity (Wildman–Crippen MR) is 125 cm³/mol. The van der Waals surface area contributed by atoms with Gasteiger partial charge in [0.2, 0.25) is 0 Å². The first-order chi connectivity index (χ1) is 15.8. The van der Waals surface area contributed by atoms with E-state index in [0.717, 1.165) is 5.56 Å². The molecule has 0 aliphatic carbocycles. The third-order valence-corrected chi connectivity index (χ3v) is 4.67. The number of hydrogen-bond acceptors (Lipinski definition) is 4. The van der Waals surface area contributed by atoms with Gasteiger partial charge >= 0.3 is 0 Å². The summed E-state index contributed by atoms with van der Waals surface area (Å²) < 4.78 is 18.6. The first-order valence-electron chi connectivity index (χ1n) is 9.81. The van der Waals surface area contributed by atoms with Crippen LogP contribution in [0.15, 0.2) is 72.3 Å². The van der Waals surface area contributed by atoms with Crippen molar-refractivity contribution < 1.29 is 18.7 Å². The molecular weight excluding hydrogens is 445 g/mol. The van der Waals surface area contributed by atoms with Gasteiger partial charge in [0.05, 0.1) is 0 Å². The number of rotatable bonds is 7. The fourth-order valence-corrected chi connectivity index (χ4v) is 2.96. The van der Waals surface area contributed by atoms with Gasteiger partial charge in [-0.2, -0.15) is 5.26 Å². The van der Waals surface area contributed by atoms with Gasteiger partial charge in [-0.3, -0.25) is 9.59 Å². The lowest BCUT2D eigenvalue weighted by Gasteiger charge is -2.11. The van der Waals surface area contributed by atoms with Gasteiger partial charge in [0.1, 0.15) is 23.2 Å². The van der Waals surface area contributed by atoms with Gasteiger partial charge in [0.15, 0.2) is 6.61 Å². The van der Waals surface area contributed by atoms with Crippen molar-refractivity contribution in [1.82, 2.24) is 0 Å². The maximum atomic E-state index is 13.0. The van der Waals surface area contributed by atoms with E-state index in [-0.39, 0.29) is 17.9 Å². The molecule has 33 heavy (non-hydrogen) atoms. The fourth-order valence-electron chi connectivity index (χ4n) is 2.78. The highest BCUT2D eigenvalue weighted by molar-refractivity contribution is 6.30. The zero-order chi connectivity index (χ0) is 23.8. The summed E-state index contributed by atoms with van der Waals surface area (Å²) in [5.74, 6) is -1.23. The predicted octanol–water partition coefficient (Wildman–Crippen LogP) is 5.35. The SMILES string of the molecule is Cc1ccc(NC(=O)C(C#N)=Cc2cc(Cl)ccc2OCC(=O)Nc2ccc(F)cc2)cc1. The van der Waals surface area contributed by atoms with Crippen LogP contribution in [0.5, 0.6) is 5.75 Å². The van der Waals surface area contributed by atoms with E-state index in [9.17, 15) is 19.2 Å². The maximum absolute atomic E-state index is 13.0. The zero-order valence-corrected chi connectivity index (χ0v) is 18.3. The molecule has 6 nitrogen and oxygen atoms in total. The Morgan fingerprint density at radius 1 is 1.03 bits per heavy atom. The number of aryl methyl sites for hydroxylation is 1. The number of hydrogen-bond donors (Lipinski definition) is 2. The van der Waals surface area contributed by atoms with Crippen LogP contribution in [0.2, 0.25) is 5.02 Å². The van der Waals surface area contributed by atoms with Gasteiger partial charge in [-0.25, -0.2) is 4.39 Å². The van der Waals surface area contributed by atoms with Gasteiger partial charge in [-0.15, -0.1) is 0 Å². The Kier molecular flexibility index (Phi) is 7.79. The molecule has 0 radical (unpaired) electrons.